The summed E-state index contributed by atoms with van der Waals surface area (Å²) in [5.41, 5.74) is 0.612. The number of ether oxygens (including phenoxy) is 3. The highest BCUT2D eigenvalue weighted by atomic mass is 16.5. The van der Waals surface area contributed by atoms with Gasteiger partial charge in [0, 0.05) is 0 Å². The molecular weight excluding hydrogens is 244 g/mol. The van der Waals surface area contributed by atoms with Crippen LogP contribution in [0.4, 0.5) is 0 Å². The summed E-state index contributed by atoms with van der Waals surface area (Å²) in [5, 5.41) is 0. The van der Waals surface area contributed by atoms with Crippen LogP contribution in [0.3, 0.4) is 0 Å². The van der Waals surface area contributed by atoms with Crippen molar-refractivity contribution in [2.24, 2.45) is 5.41 Å². The van der Waals surface area contributed by atoms with Gasteiger partial charge in [-0.15, -0.1) is 0 Å². The minimum absolute atomic E-state index is 0.122. The molecule has 1 aromatic rings. The maximum atomic E-state index is 12.0. The Hall–Kier alpha value is -1.71. The molecule has 0 saturated heterocycles. The quantitative estimate of drug-likeness (QED) is 0.767. The second kappa shape index (κ2) is 5.51. The molecular formula is C15H20O4. The fraction of sp³-hybridized carbons (Fsp3) is 0.533. The van der Waals surface area contributed by atoms with E-state index in [4.69, 9.17) is 14.2 Å². The van der Waals surface area contributed by atoms with E-state index in [1.807, 2.05) is 18.2 Å². The Kier molecular flexibility index (Phi) is 3.98. The minimum atomic E-state index is -0.381. The molecule has 0 spiro atoms. The number of hydrogen-bond acceptors (Lipinski definition) is 4. The van der Waals surface area contributed by atoms with Crippen molar-refractivity contribution in [3.05, 3.63) is 23.8 Å². The van der Waals surface area contributed by atoms with Crippen molar-refractivity contribution in [2.45, 2.75) is 25.7 Å². The van der Waals surface area contributed by atoms with Crippen LogP contribution in [0.2, 0.25) is 0 Å². The van der Waals surface area contributed by atoms with Crippen LogP contribution in [0, 0.1) is 5.41 Å². The number of carbonyl (C=O) groups is 1. The molecule has 0 aliphatic heterocycles. The van der Waals surface area contributed by atoms with E-state index in [-0.39, 0.29) is 11.4 Å². The molecule has 0 heterocycles. The van der Waals surface area contributed by atoms with Crippen molar-refractivity contribution in [2.75, 3.05) is 21.3 Å². The molecule has 104 valence electrons. The zero-order chi connectivity index (χ0) is 13.9. The number of carbonyl (C=O) groups excluding carboxylic acids is 1. The van der Waals surface area contributed by atoms with Crippen LogP contribution < -0.4 is 9.47 Å². The standard InChI is InChI=1S/C15H20O4/c1-17-12-5-6-13(18-2)11(9-12)10-15(7-4-8-15)14(16)19-3/h5-6,9H,4,7-8,10H2,1-3H3. The van der Waals surface area contributed by atoms with Crippen LogP contribution >= 0.6 is 0 Å². The van der Waals surface area contributed by atoms with Crippen molar-refractivity contribution in [1.29, 1.82) is 0 Å². The Morgan fingerprint density at radius 3 is 2.42 bits per heavy atom. The molecule has 0 aromatic heterocycles. The number of esters is 1. The van der Waals surface area contributed by atoms with Crippen molar-refractivity contribution >= 4 is 5.97 Å². The van der Waals surface area contributed by atoms with Gasteiger partial charge in [-0.2, -0.15) is 0 Å². The Balaban J connectivity index is 2.28. The number of methoxy groups -OCH3 is 3. The van der Waals surface area contributed by atoms with Crippen LogP contribution in [0.5, 0.6) is 11.5 Å². The Bertz CT molecular complexity index is 463. The van der Waals surface area contributed by atoms with E-state index in [0.717, 1.165) is 36.3 Å². The molecule has 0 radical (unpaired) electrons. The summed E-state index contributed by atoms with van der Waals surface area (Å²) < 4.78 is 15.5. The molecule has 0 unspecified atom stereocenters. The second-order valence-electron chi connectivity index (χ2n) is 4.98. The fourth-order valence-electron chi connectivity index (χ4n) is 2.66. The van der Waals surface area contributed by atoms with Gasteiger partial charge in [-0.25, -0.2) is 0 Å². The first kappa shape index (κ1) is 13.7. The Morgan fingerprint density at radius 2 is 1.95 bits per heavy atom. The van der Waals surface area contributed by atoms with E-state index >= 15 is 0 Å². The van der Waals surface area contributed by atoms with Gasteiger partial charge in [-0.05, 0) is 43.0 Å². The zero-order valence-electron chi connectivity index (χ0n) is 11.7. The van der Waals surface area contributed by atoms with E-state index in [0.29, 0.717) is 6.42 Å². The van der Waals surface area contributed by atoms with Crippen LogP contribution in [-0.4, -0.2) is 27.3 Å². The highest BCUT2D eigenvalue weighted by Gasteiger charge is 2.45. The van der Waals surface area contributed by atoms with Crippen LogP contribution in [-0.2, 0) is 16.0 Å². The first-order valence-corrected chi connectivity index (χ1v) is 6.44. The summed E-state index contributed by atoms with van der Waals surface area (Å²) in [7, 11) is 4.72. The molecule has 2 rings (SSSR count). The largest absolute Gasteiger partial charge is 0.497 e. The number of rotatable bonds is 5. The average Bonchev–Trinajstić information content (AvgIpc) is 2.41. The first-order chi connectivity index (χ1) is 9.15. The molecule has 1 aliphatic rings. The van der Waals surface area contributed by atoms with Gasteiger partial charge in [-0.3, -0.25) is 4.79 Å². The lowest BCUT2D eigenvalue weighted by Gasteiger charge is -2.39. The summed E-state index contributed by atoms with van der Waals surface area (Å²) in [4.78, 5) is 12.0. The summed E-state index contributed by atoms with van der Waals surface area (Å²) >= 11 is 0. The molecule has 1 aliphatic carbocycles. The molecule has 19 heavy (non-hydrogen) atoms. The van der Waals surface area contributed by atoms with Crippen molar-refractivity contribution in [3.8, 4) is 11.5 Å². The number of benzene rings is 1. The molecule has 1 aromatic carbocycles. The summed E-state index contributed by atoms with van der Waals surface area (Å²) in [6, 6.07) is 5.66. The third kappa shape index (κ3) is 2.53. The third-order valence-corrected chi connectivity index (χ3v) is 3.95. The summed E-state index contributed by atoms with van der Waals surface area (Å²) in [6.45, 7) is 0. The van der Waals surface area contributed by atoms with Gasteiger partial charge in [0.1, 0.15) is 11.5 Å². The predicted octanol–water partition coefficient (Wildman–Crippen LogP) is 2.59. The molecule has 0 N–H and O–H groups in total. The summed E-state index contributed by atoms with van der Waals surface area (Å²) in [6.07, 6.45) is 3.46. The predicted molar refractivity (Wildman–Crippen MR) is 71.6 cm³/mol. The van der Waals surface area contributed by atoms with Gasteiger partial charge in [-0.1, -0.05) is 6.42 Å². The lowest BCUT2D eigenvalue weighted by atomic mass is 9.65. The minimum Gasteiger partial charge on any atom is -0.497 e. The molecule has 0 bridgehead atoms. The number of hydrogen-bond donors (Lipinski definition) is 0. The Labute approximate surface area is 113 Å². The molecule has 0 amide bonds. The Morgan fingerprint density at radius 1 is 1.21 bits per heavy atom. The van der Waals surface area contributed by atoms with E-state index < -0.39 is 0 Å². The molecule has 4 nitrogen and oxygen atoms in total. The van der Waals surface area contributed by atoms with Crippen molar-refractivity contribution in [3.63, 3.8) is 0 Å². The highest BCUT2D eigenvalue weighted by molar-refractivity contribution is 5.78. The summed E-state index contributed by atoms with van der Waals surface area (Å²) in [5.74, 6) is 1.44. The van der Waals surface area contributed by atoms with E-state index in [9.17, 15) is 4.79 Å². The normalized spacial score (nSPS) is 16.4. The van der Waals surface area contributed by atoms with Gasteiger partial charge < -0.3 is 14.2 Å². The monoisotopic (exact) mass is 264 g/mol. The average molecular weight is 264 g/mol. The fourth-order valence-corrected chi connectivity index (χ4v) is 2.66. The van der Waals surface area contributed by atoms with E-state index in [1.165, 1.54) is 7.11 Å². The molecule has 1 fully saturated rings. The molecule has 4 heteroatoms. The van der Waals surface area contributed by atoms with E-state index in [2.05, 4.69) is 0 Å². The molecule has 1 saturated carbocycles. The highest BCUT2D eigenvalue weighted by Crippen LogP contribution is 2.46. The maximum Gasteiger partial charge on any atom is 0.312 e. The van der Waals surface area contributed by atoms with Gasteiger partial charge in [0.25, 0.3) is 0 Å². The lowest BCUT2D eigenvalue weighted by molar-refractivity contribution is -0.158. The van der Waals surface area contributed by atoms with Gasteiger partial charge in [0.2, 0.25) is 0 Å². The van der Waals surface area contributed by atoms with Crippen LogP contribution in [0.1, 0.15) is 24.8 Å². The van der Waals surface area contributed by atoms with Crippen molar-refractivity contribution in [1.82, 2.24) is 0 Å². The van der Waals surface area contributed by atoms with Gasteiger partial charge in [0.05, 0.1) is 26.7 Å². The SMILES string of the molecule is COC(=O)C1(Cc2cc(OC)ccc2OC)CCC1. The maximum absolute atomic E-state index is 12.0. The first-order valence-electron chi connectivity index (χ1n) is 6.44. The van der Waals surface area contributed by atoms with Crippen LogP contribution in [0.15, 0.2) is 18.2 Å². The third-order valence-electron chi connectivity index (χ3n) is 3.95. The zero-order valence-corrected chi connectivity index (χ0v) is 11.7. The lowest BCUT2D eigenvalue weighted by Crippen LogP contribution is -2.40. The van der Waals surface area contributed by atoms with Crippen LogP contribution in [0.25, 0.3) is 0 Å². The smallest absolute Gasteiger partial charge is 0.312 e. The van der Waals surface area contributed by atoms with Gasteiger partial charge >= 0.3 is 5.97 Å². The second-order valence-corrected chi connectivity index (χ2v) is 4.98. The topological polar surface area (TPSA) is 44.8 Å². The molecule has 0 atom stereocenters. The van der Waals surface area contributed by atoms with Gasteiger partial charge in [0.15, 0.2) is 0 Å². The van der Waals surface area contributed by atoms with Crippen molar-refractivity contribution < 1.29 is 19.0 Å². The van der Waals surface area contributed by atoms with E-state index in [1.54, 1.807) is 14.2 Å².